The van der Waals surface area contributed by atoms with Gasteiger partial charge in [-0.15, -0.1) is 0 Å². The molecule has 0 aliphatic heterocycles. The Hall–Kier alpha value is -1.09. The molecule has 0 heterocycles. The van der Waals surface area contributed by atoms with Gasteiger partial charge < -0.3 is 10.2 Å². The molecule has 0 fully saturated rings. The monoisotopic (exact) mass is 142 g/mol. The number of phenolic OH excluding ortho intramolecular Hbond substituents is 1. The number of rotatable bonds is 1. The fourth-order valence-electron chi connectivity index (χ4n) is 0.664. The van der Waals surface area contributed by atoms with Crippen molar-refractivity contribution < 1.29 is 14.6 Å². The maximum absolute atomic E-state index is 12.5. The Balaban J connectivity index is 3.07. The minimum Gasteiger partial charge on any atom is -0.508 e. The van der Waals surface area contributed by atoms with Crippen LogP contribution in [0.25, 0.3) is 0 Å². The third kappa shape index (κ3) is 1.25. The molecule has 0 aliphatic rings. The van der Waals surface area contributed by atoms with Crippen LogP contribution >= 0.6 is 0 Å². The van der Waals surface area contributed by atoms with Crippen LogP contribution in [0.15, 0.2) is 18.2 Å². The molecule has 10 heavy (non-hydrogen) atoms. The van der Waals surface area contributed by atoms with Gasteiger partial charge in [-0.05, 0) is 6.07 Å². The van der Waals surface area contributed by atoms with Gasteiger partial charge in [0, 0.05) is 11.6 Å². The minimum absolute atomic E-state index is 0.130. The van der Waals surface area contributed by atoms with Gasteiger partial charge in [0.25, 0.3) is 0 Å². The summed E-state index contributed by atoms with van der Waals surface area (Å²) in [6, 6.07) is 3.63. The first-order valence-corrected chi connectivity index (χ1v) is 2.82. The highest BCUT2D eigenvalue weighted by atomic mass is 19.1. The molecule has 2 N–H and O–H groups in total. The molecule has 3 heteroatoms. The van der Waals surface area contributed by atoms with Gasteiger partial charge in [0.05, 0.1) is 6.61 Å². The van der Waals surface area contributed by atoms with Gasteiger partial charge in [-0.3, -0.25) is 0 Å². The standard InChI is InChI=1S/C7H7FO2/c8-7-3-6(10)2-1-5(7)4-9/h1-3,9-10H,4H2. The average molecular weight is 142 g/mol. The van der Waals surface area contributed by atoms with E-state index in [1.54, 1.807) is 0 Å². The molecule has 0 bridgehead atoms. The van der Waals surface area contributed by atoms with Crippen molar-refractivity contribution in [2.45, 2.75) is 6.61 Å². The maximum atomic E-state index is 12.5. The Bertz CT molecular complexity index is 235. The fraction of sp³-hybridized carbons (Fsp3) is 0.143. The second kappa shape index (κ2) is 2.66. The number of benzene rings is 1. The van der Waals surface area contributed by atoms with Gasteiger partial charge in [-0.25, -0.2) is 4.39 Å². The summed E-state index contributed by atoms with van der Waals surface area (Å²) >= 11 is 0. The second-order valence-corrected chi connectivity index (χ2v) is 1.93. The van der Waals surface area contributed by atoms with Crippen molar-refractivity contribution in [1.29, 1.82) is 0 Å². The van der Waals surface area contributed by atoms with Crippen molar-refractivity contribution in [1.82, 2.24) is 0 Å². The number of aliphatic hydroxyl groups excluding tert-OH is 1. The quantitative estimate of drug-likeness (QED) is 0.614. The van der Waals surface area contributed by atoms with Crippen LogP contribution in [-0.2, 0) is 6.61 Å². The normalized spacial score (nSPS) is 9.80. The van der Waals surface area contributed by atoms with Gasteiger partial charge in [0.2, 0.25) is 0 Å². The molecule has 0 saturated heterocycles. The molecule has 0 amide bonds. The first-order valence-electron chi connectivity index (χ1n) is 2.82. The summed E-state index contributed by atoms with van der Waals surface area (Å²) in [5.74, 6) is -0.711. The van der Waals surface area contributed by atoms with E-state index in [0.717, 1.165) is 6.07 Å². The van der Waals surface area contributed by atoms with Crippen LogP contribution in [0, 0.1) is 5.82 Å². The molecule has 0 saturated carbocycles. The van der Waals surface area contributed by atoms with E-state index in [9.17, 15) is 4.39 Å². The predicted molar refractivity (Wildman–Crippen MR) is 34.0 cm³/mol. The van der Waals surface area contributed by atoms with Crippen LogP contribution in [0.1, 0.15) is 5.56 Å². The van der Waals surface area contributed by atoms with Gasteiger partial charge in [0.1, 0.15) is 11.6 Å². The molecular formula is C7H7FO2. The Labute approximate surface area is 57.6 Å². The zero-order chi connectivity index (χ0) is 7.56. The zero-order valence-corrected chi connectivity index (χ0v) is 5.21. The molecule has 1 rings (SSSR count). The summed E-state index contributed by atoms with van der Waals surface area (Å²) in [7, 11) is 0. The summed E-state index contributed by atoms with van der Waals surface area (Å²) in [4.78, 5) is 0. The second-order valence-electron chi connectivity index (χ2n) is 1.93. The highest BCUT2D eigenvalue weighted by molar-refractivity contribution is 5.27. The Morgan fingerprint density at radius 1 is 1.40 bits per heavy atom. The van der Waals surface area contributed by atoms with E-state index in [4.69, 9.17) is 10.2 Å². The lowest BCUT2D eigenvalue weighted by Crippen LogP contribution is -1.87. The van der Waals surface area contributed by atoms with Crippen LogP contribution in [0.2, 0.25) is 0 Å². The lowest BCUT2D eigenvalue weighted by atomic mass is 10.2. The molecule has 54 valence electrons. The summed E-state index contributed by atoms with van der Waals surface area (Å²) in [6.07, 6.45) is 0. The predicted octanol–water partition coefficient (Wildman–Crippen LogP) is 1.02. The van der Waals surface area contributed by atoms with E-state index in [0.29, 0.717) is 0 Å². The number of halogens is 1. The van der Waals surface area contributed by atoms with Crippen molar-refractivity contribution in [2.24, 2.45) is 0 Å². The third-order valence-electron chi connectivity index (χ3n) is 1.21. The molecule has 0 spiro atoms. The van der Waals surface area contributed by atoms with Gasteiger partial charge >= 0.3 is 0 Å². The van der Waals surface area contributed by atoms with Crippen molar-refractivity contribution >= 4 is 0 Å². The maximum Gasteiger partial charge on any atom is 0.132 e. The van der Waals surface area contributed by atoms with E-state index in [1.165, 1.54) is 12.1 Å². The topological polar surface area (TPSA) is 40.5 Å². The Morgan fingerprint density at radius 2 is 2.10 bits per heavy atom. The van der Waals surface area contributed by atoms with E-state index in [-0.39, 0.29) is 17.9 Å². The number of hydrogen-bond donors (Lipinski definition) is 2. The SMILES string of the molecule is OCc1ccc(O)cc1F. The van der Waals surface area contributed by atoms with E-state index >= 15 is 0 Å². The number of hydrogen-bond acceptors (Lipinski definition) is 2. The van der Waals surface area contributed by atoms with Crippen molar-refractivity contribution in [3.63, 3.8) is 0 Å². The average Bonchev–Trinajstić information content (AvgIpc) is 1.88. The van der Waals surface area contributed by atoms with E-state index in [2.05, 4.69) is 0 Å². The highest BCUT2D eigenvalue weighted by Gasteiger charge is 1.99. The highest BCUT2D eigenvalue weighted by Crippen LogP contribution is 2.14. The van der Waals surface area contributed by atoms with E-state index in [1.807, 2.05) is 0 Å². The molecule has 1 aromatic rings. The van der Waals surface area contributed by atoms with Crippen LogP contribution in [-0.4, -0.2) is 10.2 Å². The zero-order valence-electron chi connectivity index (χ0n) is 5.21. The Morgan fingerprint density at radius 3 is 2.60 bits per heavy atom. The molecule has 0 atom stereocenters. The van der Waals surface area contributed by atoms with Crippen molar-refractivity contribution in [2.75, 3.05) is 0 Å². The van der Waals surface area contributed by atoms with Crippen LogP contribution in [0.5, 0.6) is 5.75 Å². The smallest absolute Gasteiger partial charge is 0.132 e. The van der Waals surface area contributed by atoms with Crippen molar-refractivity contribution in [3.05, 3.63) is 29.6 Å². The molecule has 1 aromatic carbocycles. The van der Waals surface area contributed by atoms with Crippen LogP contribution < -0.4 is 0 Å². The van der Waals surface area contributed by atoms with Gasteiger partial charge in [-0.1, -0.05) is 6.07 Å². The van der Waals surface area contributed by atoms with Crippen molar-refractivity contribution in [3.8, 4) is 5.75 Å². The number of phenols is 1. The number of aliphatic hydroxyl groups is 1. The van der Waals surface area contributed by atoms with Crippen LogP contribution in [0.4, 0.5) is 4.39 Å². The van der Waals surface area contributed by atoms with Crippen LogP contribution in [0.3, 0.4) is 0 Å². The van der Waals surface area contributed by atoms with Gasteiger partial charge in [-0.2, -0.15) is 0 Å². The molecular weight excluding hydrogens is 135 g/mol. The molecule has 0 unspecified atom stereocenters. The first kappa shape index (κ1) is 7.02. The Kier molecular flexibility index (Phi) is 1.87. The summed E-state index contributed by atoms with van der Waals surface area (Å²) in [6.45, 7) is -0.341. The lowest BCUT2D eigenvalue weighted by Gasteiger charge is -1.97. The largest absolute Gasteiger partial charge is 0.508 e. The van der Waals surface area contributed by atoms with E-state index < -0.39 is 5.82 Å². The molecule has 0 aromatic heterocycles. The number of aromatic hydroxyl groups is 1. The third-order valence-corrected chi connectivity index (χ3v) is 1.21. The minimum atomic E-state index is -0.581. The molecule has 0 radical (unpaired) electrons. The summed E-state index contributed by atoms with van der Waals surface area (Å²) < 4.78 is 12.5. The first-order chi connectivity index (χ1) is 4.74. The fourth-order valence-corrected chi connectivity index (χ4v) is 0.664. The summed E-state index contributed by atoms with van der Waals surface area (Å²) in [5.41, 5.74) is 0.192. The molecule has 0 aliphatic carbocycles. The molecule has 2 nitrogen and oxygen atoms in total. The lowest BCUT2D eigenvalue weighted by molar-refractivity contribution is 0.275. The summed E-state index contributed by atoms with van der Waals surface area (Å²) in [5, 5.41) is 17.2. The van der Waals surface area contributed by atoms with Gasteiger partial charge in [0.15, 0.2) is 0 Å².